The number of aliphatic hydroxyl groups is 5. The maximum atomic E-state index is 14.4. The van der Waals surface area contributed by atoms with Crippen LogP contribution in [0, 0.1) is 45.5 Å². The molecule has 4 saturated heterocycles. The van der Waals surface area contributed by atoms with E-state index in [1.807, 2.05) is 43.4 Å². The first-order valence-electron chi connectivity index (χ1n) is 28.0. The number of amides is 1. The highest BCUT2D eigenvalue weighted by Crippen LogP contribution is 2.49. The molecule has 1 aromatic carbocycles. The highest BCUT2D eigenvalue weighted by Gasteiger charge is 2.52. The van der Waals surface area contributed by atoms with E-state index in [1.54, 1.807) is 40.9 Å². The Labute approximate surface area is 508 Å². The molecular formula is C59H81IN2O21S. The average molecular weight is 1310 g/mol. The van der Waals surface area contributed by atoms with Gasteiger partial charge in [-0.15, -0.1) is 0 Å². The van der Waals surface area contributed by atoms with Gasteiger partial charge in [0, 0.05) is 44.1 Å². The number of methoxy groups -OCH3 is 5. The Bertz CT molecular complexity index is 2740. The van der Waals surface area contributed by atoms with Crippen LogP contribution in [-0.4, -0.2) is 194 Å². The van der Waals surface area contributed by atoms with E-state index in [0.29, 0.717) is 22.2 Å². The molecule has 2 aliphatic carbocycles. The van der Waals surface area contributed by atoms with Gasteiger partial charge in [-0.05, 0) is 86.3 Å². The summed E-state index contributed by atoms with van der Waals surface area (Å²) in [5.74, 6) is 11.1. The number of fused-ring (bicyclic) bond motifs is 2. The summed E-state index contributed by atoms with van der Waals surface area (Å²) in [7, 11) is 6.85. The van der Waals surface area contributed by atoms with Gasteiger partial charge in [0.25, 0.3) is 0 Å². The lowest BCUT2D eigenvalue weighted by molar-refractivity contribution is -0.337. The van der Waals surface area contributed by atoms with Crippen molar-refractivity contribution in [3.05, 3.63) is 49.8 Å². The molecule has 4 fully saturated rings. The number of hydroxylamine groups is 1. The molecule has 1 aromatic rings. The number of alkyl carbamates (subject to hydrolysis) is 1. The fourth-order valence-electron chi connectivity index (χ4n) is 11.0. The maximum Gasteiger partial charge on any atom is 0.411 e. The second kappa shape index (κ2) is 29.4. The van der Waals surface area contributed by atoms with Crippen molar-refractivity contribution in [2.24, 2.45) is 11.3 Å². The number of ketones is 1. The molecule has 466 valence electrons. The van der Waals surface area contributed by atoms with Crippen LogP contribution < -0.4 is 25.0 Å². The van der Waals surface area contributed by atoms with E-state index in [-0.39, 0.29) is 69.9 Å². The quantitative estimate of drug-likeness (QED) is 0.0573. The van der Waals surface area contributed by atoms with Crippen molar-refractivity contribution in [2.45, 2.75) is 203 Å². The number of Topliss-reactive ketones (excluding diaryl/α,β-unsaturated/α-hetero) is 1. The predicted molar refractivity (Wildman–Crippen MR) is 311 cm³/mol. The Morgan fingerprint density at radius 1 is 0.869 bits per heavy atom. The molecule has 23 nitrogen and oxygen atoms in total. The number of thioether (sulfide) groups is 1. The van der Waals surface area contributed by atoms with Gasteiger partial charge >= 0.3 is 6.09 Å². The van der Waals surface area contributed by atoms with Crippen molar-refractivity contribution in [1.82, 2.24) is 10.8 Å². The van der Waals surface area contributed by atoms with Crippen molar-refractivity contribution in [3.8, 4) is 40.9 Å². The molecule has 84 heavy (non-hydrogen) atoms. The highest BCUT2D eigenvalue weighted by molar-refractivity contribution is 14.1. The molecule has 19 atom stereocenters. The van der Waals surface area contributed by atoms with Gasteiger partial charge < -0.3 is 82.4 Å². The van der Waals surface area contributed by atoms with Crippen LogP contribution in [0.1, 0.15) is 103 Å². The van der Waals surface area contributed by atoms with Crippen LogP contribution in [0.4, 0.5) is 4.79 Å². The minimum atomic E-state index is -2.05. The van der Waals surface area contributed by atoms with E-state index in [2.05, 4.69) is 41.4 Å². The van der Waals surface area contributed by atoms with Gasteiger partial charge in [-0.2, -0.15) is 5.48 Å². The monoisotopic (exact) mass is 1310 g/mol. The number of ether oxygens (including phenoxy) is 12. The first-order chi connectivity index (χ1) is 39.8. The molecule has 0 spiro atoms. The minimum Gasteiger partial charge on any atom is -0.492 e. The van der Waals surface area contributed by atoms with Crippen LogP contribution in [0.2, 0.25) is 0 Å². The molecule has 25 heteroatoms. The third kappa shape index (κ3) is 15.3. The fraction of sp³-hybridized carbons (Fsp3) is 0.678. The molecule has 6 aliphatic rings. The molecule has 0 radical (unpaired) electrons. The second-order valence-corrected chi connectivity index (χ2v) is 24.9. The molecule has 1 amide bonds. The minimum absolute atomic E-state index is 0.00156. The summed E-state index contributed by atoms with van der Waals surface area (Å²) < 4.78 is 72.8. The standard InChI is InChI=1S/C59H81IN2O21S/c1-14-19-32-27-76-38(25-37(32)71-9)81-51-46(66)43(29(3)78-56(51)80-36-20-17-15-16-18-22-59(70)26-35(64)44(61-57(69)75-13)41(36)33(59)21-23-58(6,7)8)62-83-39-24-34(63)53(31(5)77-39)84-54(68)40-28(2)42(60)49(52(74-12)48(40)72-10)82-55-47(67)50(73-11)45(65)30(4)79-55/h15-16,21,29-32,34,36-39,43,45-47,50-51,53,55-56,62-63,65-67,70H,14,19,23-27H2,1-13H3,(H,61,69)/b16-15-,33-21+/t29-,30-,31+,32-,34-,36-,37-,38-,39-,43+,45-,46-,47+,50+,51+,53+,55-,56-,59-/m0/s1. The summed E-state index contributed by atoms with van der Waals surface area (Å²) in [5, 5.41) is 59.5. The van der Waals surface area contributed by atoms with Gasteiger partial charge in [-0.25, -0.2) is 4.79 Å². The zero-order chi connectivity index (χ0) is 61.5. The van der Waals surface area contributed by atoms with Crippen LogP contribution >= 0.6 is 34.4 Å². The smallest absolute Gasteiger partial charge is 0.411 e. The number of aliphatic hydroxyl groups excluding tert-OH is 4. The van der Waals surface area contributed by atoms with E-state index in [1.165, 1.54) is 33.5 Å². The summed E-state index contributed by atoms with van der Waals surface area (Å²) >= 11 is 2.83. The normalized spacial score (nSPS) is 36.1. The SMILES string of the molecule is CCC[C@H]1CO[C@@H](O[C@H]2[C@H](O[C@H]3C#C/C=C\C#C[C@]4(O)CC(=O)C(NC(=O)OC)=C3/C4=C\CC(C)(C)C)O[C@@H](C)[C@@H](NO[C@H]3C[C@H](O)[C@H](SC(=O)c4c(C)c(I)c(O[C@@H]5O[C@@H](C)[C@H](O)[C@@H](OC)[C@H]5O)c(OC)c4OC)[C@@H](C)O3)[C@@H]2O)C[C@@H]1OC. The average Bonchev–Trinajstić information content (AvgIpc) is 1.23. The van der Waals surface area contributed by atoms with Gasteiger partial charge in [-0.3, -0.25) is 19.7 Å². The number of carbonyl (C=O) groups is 3. The largest absolute Gasteiger partial charge is 0.492 e. The number of benzene rings is 1. The van der Waals surface area contributed by atoms with E-state index in [4.69, 9.17) is 61.7 Å². The molecule has 0 aromatic heterocycles. The zero-order valence-corrected chi connectivity index (χ0v) is 52.6. The van der Waals surface area contributed by atoms with E-state index in [0.717, 1.165) is 31.7 Å². The molecule has 4 aliphatic heterocycles. The van der Waals surface area contributed by atoms with Crippen molar-refractivity contribution in [2.75, 3.05) is 42.2 Å². The molecule has 7 N–H and O–H groups in total. The van der Waals surface area contributed by atoms with Crippen LogP contribution in [0.15, 0.2) is 35.1 Å². The van der Waals surface area contributed by atoms with Crippen molar-refractivity contribution in [1.29, 1.82) is 0 Å². The third-order valence-corrected chi connectivity index (χ3v) is 18.2. The molecule has 4 heterocycles. The van der Waals surface area contributed by atoms with E-state index < -0.39 is 127 Å². The van der Waals surface area contributed by atoms with Crippen LogP contribution in [0.5, 0.6) is 17.2 Å². The van der Waals surface area contributed by atoms with E-state index in [9.17, 15) is 39.9 Å². The molecule has 7 rings (SSSR count). The highest BCUT2D eigenvalue weighted by atomic mass is 127. The number of allylic oxidation sites excluding steroid dienone is 4. The van der Waals surface area contributed by atoms with Gasteiger partial charge in [0.05, 0.1) is 91.0 Å². The number of nitrogens with one attached hydrogen (secondary N) is 2. The molecular weight excluding hydrogens is 1230 g/mol. The first kappa shape index (κ1) is 67.6. The number of rotatable bonds is 19. The lowest BCUT2D eigenvalue weighted by atomic mass is 9.74. The third-order valence-electron chi connectivity index (χ3n) is 15.5. The topological polar surface area (TPSA) is 296 Å². The number of halogens is 1. The molecule has 0 unspecified atom stereocenters. The van der Waals surface area contributed by atoms with Gasteiger partial charge in [-0.1, -0.05) is 75.6 Å². The Hall–Kier alpha value is -3.95. The van der Waals surface area contributed by atoms with Crippen molar-refractivity contribution in [3.63, 3.8) is 0 Å². The number of hydrogen-bond donors (Lipinski definition) is 7. The Morgan fingerprint density at radius 3 is 2.21 bits per heavy atom. The second-order valence-electron chi connectivity index (χ2n) is 22.7. The fourth-order valence-corrected chi connectivity index (χ4v) is 12.8. The summed E-state index contributed by atoms with van der Waals surface area (Å²) in [5.41, 5.74) is 1.06. The van der Waals surface area contributed by atoms with Gasteiger partial charge in [0.2, 0.25) is 17.2 Å². The zero-order valence-electron chi connectivity index (χ0n) is 49.6. The van der Waals surface area contributed by atoms with Crippen LogP contribution in [0.3, 0.4) is 0 Å². The van der Waals surface area contributed by atoms with Crippen molar-refractivity contribution < 1.29 is 102 Å². The summed E-state index contributed by atoms with van der Waals surface area (Å²) in [6, 6.07) is -1.08. The lowest BCUT2D eigenvalue weighted by Crippen LogP contribution is -2.65. The Kier molecular flexibility index (Phi) is 23.6. The first-order valence-corrected chi connectivity index (χ1v) is 29.9. The Morgan fingerprint density at radius 2 is 1.57 bits per heavy atom. The molecule has 2 bridgehead atoms. The predicted octanol–water partition coefficient (Wildman–Crippen LogP) is 4.41. The summed E-state index contributed by atoms with van der Waals surface area (Å²) in [4.78, 5) is 47.6. The Balaban J connectivity index is 1.12. The van der Waals surface area contributed by atoms with Crippen LogP contribution in [-0.2, 0) is 52.3 Å². The van der Waals surface area contributed by atoms with Crippen LogP contribution in [0.25, 0.3) is 0 Å². The number of carbonyl (C=O) groups excluding carboxylic acids is 3. The summed E-state index contributed by atoms with van der Waals surface area (Å²) in [6.07, 6.45) is -11.2. The maximum absolute atomic E-state index is 14.4. The van der Waals surface area contributed by atoms with Crippen molar-refractivity contribution >= 4 is 51.3 Å². The van der Waals surface area contributed by atoms with E-state index >= 15 is 0 Å². The van der Waals surface area contributed by atoms with Gasteiger partial charge in [0.1, 0.15) is 36.6 Å². The molecule has 0 saturated carbocycles. The van der Waals surface area contributed by atoms with Gasteiger partial charge in [0.15, 0.2) is 41.8 Å². The lowest BCUT2D eigenvalue weighted by Gasteiger charge is -2.46. The summed E-state index contributed by atoms with van der Waals surface area (Å²) in [6.45, 7) is 15.0. The number of hydrogen-bond acceptors (Lipinski definition) is 23.